The lowest BCUT2D eigenvalue weighted by Crippen LogP contribution is -2.26. The number of aliphatic hydroxyl groups excluding tert-OH is 1. The second kappa shape index (κ2) is 4.30. The SMILES string of the molecule is CCCCCC1=NO[C@@H]2CC[C@H](O)[C@H]12. The number of hydrogen-bond acceptors (Lipinski definition) is 3. The second-order valence-electron chi connectivity index (χ2n) is 4.35. The Morgan fingerprint density at radius 1 is 1.43 bits per heavy atom. The Bertz CT molecular complexity index is 227. The molecular weight excluding hydrogens is 178 g/mol. The van der Waals surface area contributed by atoms with Crippen LogP contribution < -0.4 is 0 Å². The Labute approximate surface area is 85.1 Å². The Hall–Kier alpha value is -0.570. The maximum absolute atomic E-state index is 9.77. The molecule has 0 aromatic rings. The zero-order valence-corrected chi connectivity index (χ0v) is 8.78. The van der Waals surface area contributed by atoms with Crippen LogP contribution in [0.1, 0.15) is 45.4 Å². The lowest BCUT2D eigenvalue weighted by Gasteiger charge is -2.12. The molecule has 14 heavy (non-hydrogen) atoms. The molecule has 1 fully saturated rings. The van der Waals surface area contributed by atoms with Crippen molar-refractivity contribution in [2.75, 3.05) is 0 Å². The van der Waals surface area contributed by atoms with Crippen LogP contribution in [0.15, 0.2) is 5.16 Å². The van der Waals surface area contributed by atoms with Gasteiger partial charge in [-0.1, -0.05) is 24.9 Å². The quantitative estimate of drug-likeness (QED) is 0.701. The van der Waals surface area contributed by atoms with Crippen LogP contribution in [0.3, 0.4) is 0 Å². The van der Waals surface area contributed by atoms with Gasteiger partial charge in [0.1, 0.15) is 6.10 Å². The van der Waals surface area contributed by atoms with Crippen molar-refractivity contribution in [1.29, 1.82) is 0 Å². The van der Waals surface area contributed by atoms with E-state index in [9.17, 15) is 5.11 Å². The summed E-state index contributed by atoms with van der Waals surface area (Å²) >= 11 is 0. The molecule has 2 rings (SSSR count). The van der Waals surface area contributed by atoms with E-state index in [1.807, 2.05) is 0 Å². The van der Waals surface area contributed by atoms with Gasteiger partial charge < -0.3 is 9.94 Å². The van der Waals surface area contributed by atoms with Crippen molar-refractivity contribution in [3.63, 3.8) is 0 Å². The van der Waals surface area contributed by atoms with Gasteiger partial charge in [-0.3, -0.25) is 0 Å². The van der Waals surface area contributed by atoms with Crippen LogP contribution >= 0.6 is 0 Å². The zero-order valence-electron chi connectivity index (χ0n) is 8.78. The normalized spacial score (nSPS) is 35.3. The molecule has 2 aliphatic rings. The van der Waals surface area contributed by atoms with E-state index in [1.165, 1.54) is 19.3 Å². The minimum absolute atomic E-state index is 0.182. The van der Waals surface area contributed by atoms with Crippen LogP contribution in [0.25, 0.3) is 0 Å². The molecule has 0 spiro atoms. The summed E-state index contributed by atoms with van der Waals surface area (Å²) in [6, 6.07) is 0. The molecule has 80 valence electrons. The molecule has 0 aromatic carbocycles. The standard InChI is InChI=1S/C11H19NO2/c1-2-3-4-5-8-11-9(13)6-7-10(11)14-12-8/h9-11,13H,2-7H2,1H3/t9-,10+,11-/m0/s1. The molecule has 1 aliphatic heterocycles. The summed E-state index contributed by atoms with van der Waals surface area (Å²) in [4.78, 5) is 5.32. The Morgan fingerprint density at radius 3 is 3.07 bits per heavy atom. The minimum Gasteiger partial charge on any atom is -0.392 e. The van der Waals surface area contributed by atoms with E-state index in [1.54, 1.807) is 0 Å². The van der Waals surface area contributed by atoms with Gasteiger partial charge in [-0.15, -0.1) is 0 Å². The average molecular weight is 197 g/mol. The van der Waals surface area contributed by atoms with Crippen molar-refractivity contribution >= 4 is 5.71 Å². The summed E-state index contributed by atoms with van der Waals surface area (Å²) < 4.78 is 0. The molecule has 1 saturated carbocycles. The highest BCUT2D eigenvalue weighted by atomic mass is 16.6. The Morgan fingerprint density at radius 2 is 2.29 bits per heavy atom. The molecule has 3 nitrogen and oxygen atoms in total. The number of unbranched alkanes of at least 4 members (excludes halogenated alkanes) is 2. The molecule has 0 aromatic heterocycles. The van der Waals surface area contributed by atoms with Gasteiger partial charge in [-0.2, -0.15) is 0 Å². The molecule has 0 unspecified atom stereocenters. The highest BCUT2D eigenvalue weighted by Gasteiger charge is 2.43. The van der Waals surface area contributed by atoms with Crippen molar-refractivity contribution < 1.29 is 9.94 Å². The summed E-state index contributed by atoms with van der Waals surface area (Å²) in [6.45, 7) is 2.19. The third-order valence-corrected chi connectivity index (χ3v) is 3.29. The number of nitrogens with zero attached hydrogens (tertiary/aromatic N) is 1. The third-order valence-electron chi connectivity index (χ3n) is 3.29. The summed E-state index contributed by atoms with van der Waals surface area (Å²) in [5.74, 6) is 0.215. The van der Waals surface area contributed by atoms with Crippen molar-refractivity contribution in [2.45, 2.75) is 57.7 Å². The van der Waals surface area contributed by atoms with Crippen LogP contribution in [0, 0.1) is 5.92 Å². The number of oxime groups is 1. The molecule has 3 heteroatoms. The topological polar surface area (TPSA) is 41.8 Å². The number of rotatable bonds is 4. The predicted octanol–water partition coefficient (Wildman–Crippen LogP) is 2.09. The van der Waals surface area contributed by atoms with E-state index in [-0.39, 0.29) is 18.1 Å². The Balaban J connectivity index is 1.86. The van der Waals surface area contributed by atoms with Gasteiger partial charge in [-0.25, -0.2) is 0 Å². The first kappa shape index (κ1) is 9.97. The average Bonchev–Trinajstić information content (AvgIpc) is 2.72. The van der Waals surface area contributed by atoms with E-state index in [2.05, 4.69) is 12.1 Å². The fourth-order valence-electron chi connectivity index (χ4n) is 2.46. The fraction of sp³-hybridized carbons (Fsp3) is 0.909. The van der Waals surface area contributed by atoms with E-state index in [0.29, 0.717) is 0 Å². The van der Waals surface area contributed by atoms with Gasteiger partial charge in [0.15, 0.2) is 0 Å². The highest BCUT2D eigenvalue weighted by molar-refractivity contribution is 5.88. The maximum Gasteiger partial charge on any atom is 0.138 e. The number of hydrogen-bond donors (Lipinski definition) is 1. The van der Waals surface area contributed by atoms with Crippen molar-refractivity contribution in [3.8, 4) is 0 Å². The molecule has 0 saturated heterocycles. The van der Waals surface area contributed by atoms with Crippen LogP contribution in [-0.4, -0.2) is 23.0 Å². The molecule has 0 amide bonds. The van der Waals surface area contributed by atoms with E-state index < -0.39 is 0 Å². The van der Waals surface area contributed by atoms with Crippen LogP contribution in [0.2, 0.25) is 0 Å². The summed E-state index contributed by atoms with van der Waals surface area (Å²) in [5.41, 5.74) is 1.11. The molecule has 3 atom stereocenters. The molecule has 1 N–H and O–H groups in total. The molecule has 1 heterocycles. The van der Waals surface area contributed by atoms with Gasteiger partial charge in [0.25, 0.3) is 0 Å². The molecule has 1 aliphatic carbocycles. The van der Waals surface area contributed by atoms with Crippen LogP contribution in [0.4, 0.5) is 0 Å². The highest BCUT2D eigenvalue weighted by Crippen LogP contribution is 2.35. The molecular formula is C11H19NO2. The van der Waals surface area contributed by atoms with E-state index in [4.69, 9.17) is 4.84 Å². The van der Waals surface area contributed by atoms with Gasteiger partial charge in [0.05, 0.1) is 17.7 Å². The van der Waals surface area contributed by atoms with E-state index in [0.717, 1.165) is 25.0 Å². The fourth-order valence-corrected chi connectivity index (χ4v) is 2.46. The predicted molar refractivity (Wildman–Crippen MR) is 55.2 cm³/mol. The summed E-state index contributed by atoms with van der Waals surface area (Å²) in [7, 11) is 0. The first-order valence-electron chi connectivity index (χ1n) is 5.73. The molecule has 0 radical (unpaired) electrons. The van der Waals surface area contributed by atoms with Crippen molar-refractivity contribution in [2.24, 2.45) is 11.1 Å². The zero-order chi connectivity index (χ0) is 9.97. The Kier molecular flexibility index (Phi) is 3.06. The first-order chi connectivity index (χ1) is 6.83. The van der Waals surface area contributed by atoms with Crippen LogP contribution in [-0.2, 0) is 4.84 Å². The van der Waals surface area contributed by atoms with Crippen molar-refractivity contribution in [1.82, 2.24) is 0 Å². The lowest BCUT2D eigenvalue weighted by molar-refractivity contribution is 0.0582. The van der Waals surface area contributed by atoms with Gasteiger partial charge in [0, 0.05) is 0 Å². The summed E-state index contributed by atoms with van der Waals surface area (Å²) in [6.07, 6.45) is 6.47. The molecule has 0 bridgehead atoms. The number of fused-ring (bicyclic) bond motifs is 1. The van der Waals surface area contributed by atoms with Crippen molar-refractivity contribution in [3.05, 3.63) is 0 Å². The smallest absolute Gasteiger partial charge is 0.138 e. The van der Waals surface area contributed by atoms with Gasteiger partial charge in [0.2, 0.25) is 0 Å². The monoisotopic (exact) mass is 197 g/mol. The maximum atomic E-state index is 9.77. The van der Waals surface area contributed by atoms with E-state index >= 15 is 0 Å². The second-order valence-corrected chi connectivity index (χ2v) is 4.35. The lowest BCUT2D eigenvalue weighted by atomic mass is 9.94. The van der Waals surface area contributed by atoms with Gasteiger partial charge >= 0.3 is 0 Å². The first-order valence-corrected chi connectivity index (χ1v) is 5.73. The third kappa shape index (κ3) is 1.78. The minimum atomic E-state index is -0.206. The summed E-state index contributed by atoms with van der Waals surface area (Å²) in [5, 5.41) is 13.9. The van der Waals surface area contributed by atoms with Crippen LogP contribution in [0.5, 0.6) is 0 Å². The van der Waals surface area contributed by atoms with Gasteiger partial charge in [-0.05, 0) is 25.7 Å². The number of aliphatic hydroxyl groups is 1. The largest absolute Gasteiger partial charge is 0.392 e.